The van der Waals surface area contributed by atoms with Gasteiger partial charge in [0.05, 0.1) is 16.7 Å². The number of piperidine rings is 1. The SMILES string of the molecule is O=[N+]([O-])c1c(N2CCCC2)cc(N2CCCCC2c2cccnc2)c2nonc12. The maximum absolute atomic E-state index is 11.9. The molecule has 0 spiro atoms. The van der Waals surface area contributed by atoms with Crippen LogP contribution in [0.2, 0.25) is 0 Å². The highest BCUT2D eigenvalue weighted by Crippen LogP contribution is 2.44. The smallest absolute Gasteiger partial charge is 0.323 e. The summed E-state index contributed by atoms with van der Waals surface area (Å²) in [5.41, 5.74) is 3.27. The number of fused-ring (bicyclic) bond motifs is 1. The summed E-state index contributed by atoms with van der Waals surface area (Å²) in [6.45, 7) is 2.46. The van der Waals surface area contributed by atoms with Crippen LogP contribution < -0.4 is 9.80 Å². The van der Waals surface area contributed by atoms with Gasteiger partial charge in [-0.3, -0.25) is 15.1 Å². The second kappa shape index (κ2) is 7.31. The molecule has 9 nitrogen and oxygen atoms in total. The first-order valence-electron chi connectivity index (χ1n) is 10.1. The zero-order chi connectivity index (χ0) is 19.8. The van der Waals surface area contributed by atoms with Crippen LogP contribution in [0.15, 0.2) is 35.2 Å². The molecule has 1 atom stereocenters. The number of aromatic nitrogens is 3. The fraction of sp³-hybridized carbons (Fsp3) is 0.450. The third kappa shape index (κ3) is 3.06. The van der Waals surface area contributed by atoms with E-state index in [0.29, 0.717) is 11.2 Å². The molecule has 1 aromatic carbocycles. The summed E-state index contributed by atoms with van der Waals surface area (Å²) in [4.78, 5) is 20.2. The van der Waals surface area contributed by atoms with Crippen LogP contribution in [0.1, 0.15) is 43.7 Å². The Morgan fingerprint density at radius 2 is 1.86 bits per heavy atom. The van der Waals surface area contributed by atoms with E-state index in [1.54, 1.807) is 6.20 Å². The van der Waals surface area contributed by atoms with Crippen LogP contribution in [0.3, 0.4) is 0 Å². The largest absolute Gasteiger partial charge is 0.366 e. The molecule has 0 aliphatic carbocycles. The summed E-state index contributed by atoms with van der Waals surface area (Å²) in [6, 6.07) is 6.09. The van der Waals surface area contributed by atoms with E-state index in [4.69, 9.17) is 4.63 Å². The van der Waals surface area contributed by atoms with Crippen LogP contribution in [-0.4, -0.2) is 39.9 Å². The van der Waals surface area contributed by atoms with Gasteiger partial charge in [0.2, 0.25) is 5.52 Å². The summed E-state index contributed by atoms with van der Waals surface area (Å²) in [7, 11) is 0. The van der Waals surface area contributed by atoms with Crippen LogP contribution in [-0.2, 0) is 0 Å². The monoisotopic (exact) mass is 394 g/mol. The Morgan fingerprint density at radius 1 is 1.07 bits per heavy atom. The lowest BCUT2D eigenvalue weighted by Gasteiger charge is -2.38. The summed E-state index contributed by atoms with van der Waals surface area (Å²) in [5.74, 6) is 0. The van der Waals surface area contributed by atoms with Crippen molar-refractivity contribution in [1.29, 1.82) is 0 Å². The lowest BCUT2D eigenvalue weighted by molar-refractivity contribution is -0.382. The maximum atomic E-state index is 11.9. The van der Waals surface area contributed by atoms with Crippen molar-refractivity contribution in [3.8, 4) is 0 Å². The highest BCUT2D eigenvalue weighted by molar-refractivity contribution is 6.00. The van der Waals surface area contributed by atoms with Gasteiger partial charge in [-0.1, -0.05) is 6.07 Å². The number of nitro benzene ring substituents is 1. The Kier molecular flexibility index (Phi) is 4.49. The van der Waals surface area contributed by atoms with Gasteiger partial charge in [-0.05, 0) is 60.1 Å². The van der Waals surface area contributed by atoms with Crippen LogP contribution in [0, 0.1) is 10.1 Å². The molecule has 0 bridgehead atoms. The van der Waals surface area contributed by atoms with Gasteiger partial charge < -0.3 is 9.80 Å². The molecule has 0 radical (unpaired) electrons. The lowest BCUT2D eigenvalue weighted by Crippen LogP contribution is -2.34. The molecule has 2 aliphatic heterocycles. The van der Waals surface area contributed by atoms with Gasteiger partial charge in [0.1, 0.15) is 5.69 Å². The van der Waals surface area contributed by atoms with Crippen molar-refractivity contribution in [1.82, 2.24) is 15.3 Å². The third-order valence-corrected chi connectivity index (χ3v) is 5.98. The lowest BCUT2D eigenvalue weighted by atomic mass is 9.95. The topological polar surface area (TPSA) is 101 Å². The Labute approximate surface area is 167 Å². The third-order valence-electron chi connectivity index (χ3n) is 5.98. The van der Waals surface area contributed by atoms with E-state index < -0.39 is 0 Å². The minimum atomic E-state index is -0.362. The van der Waals surface area contributed by atoms with E-state index in [9.17, 15) is 10.1 Å². The Hall–Kier alpha value is -3.23. The molecule has 2 fully saturated rings. The van der Waals surface area contributed by atoms with Gasteiger partial charge in [-0.2, -0.15) is 0 Å². The van der Waals surface area contributed by atoms with E-state index in [1.165, 1.54) is 0 Å². The maximum Gasteiger partial charge on any atom is 0.323 e. The highest BCUT2D eigenvalue weighted by Gasteiger charge is 2.34. The van der Waals surface area contributed by atoms with Crippen LogP contribution in [0.4, 0.5) is 17.1 Å². The van der Waals surface area contributed by atoms with Crippen molar-refractivity contribution >= 4 is 28.1 Å². The number of nitro groups is 1. The molecule has 0 N–H and O–H groups in total. The van der Waals surface area contributed by atoms with Gasteiger partial charge in [0.25, 0.3) is 0 Å². The van der Waals surface area contributed by atoms with Gasteiger partial charge in [-0.15, -0.1) is 0 Å². The zero-order valence-electron chi connectivity index (χ0n) is 16.0. The minimum absolute atomic E-state index is 0.0122. The molecule has 150 valence electrons. The molecule has 2 saturated heterocycles. The molecular weight excluding hydrogens is 372 g/mol. The molecule has 29 heavy (non-hydrogen) atoms. The van der Waals surface area contributed by atoms with Crippen LogP contribution >= 0.6 is 0 Å². The van der Waals surface area contributed by atoms with Crippen LogP contribution in [0.5, 0.6) is 0 Å². The number of rotatable bonds is 4. The van der Waals surface area contributed by atoms with Crippen molar-refractivity contribution in [3.63, 3.8) is 0 Å². The number of benzene rings is 1. The minimum Gasteiger partial charge on any atom is -0.366 e. The Morgan fingerprint density at radius 3 is 2.62 bits per heavy atom. The Bertz CT molecular complexity index is 1030. The summed E-state index contributed by atoms with van der Waals surface area (Å²) in [5, 5.41) is 19.9. The Balaban J connectivity index is 1.68. The molecule has 3 aromatic rings. The van der Waals surface area contributed by atoms with Crippen molar-refractivity contribution in [3.05, 3.63) is 46.3 Å². The average molecular weight is 394 g/mol. The first-order valence-corrected chi connectivity index (χ1v) is 10.1. The normalized spacial score (nSPS) is 19.8. The van der Waals surface area contributed by atoms with E-state index in [0.717, 1.165) is 63.0 Å². The zero-order valence-corrected chi connectivity index (χ0v) is 16.0. The fourth-order valence-electron chi connectivity index (χ4n) is 4.64. The molecule has 5 rings (SSSR count). The number of pyridine rings is 1. The van der Waals surface area contributed by atoms with Crippen molar-refractivity contribution in [2.24, 2.45) is 0 Å². The molecule has 2 aliphatic rings. The van der Waals surface area contributed by atoms with Gasteiger partial charge in [0.15, 0.2) is 5.52 Å². The quantitative estimate of drug-likeness (QED) is 0.486. The van der Waals surface area contributed by atoms with E-state index >= 15 is 0 Å². The molecule has 0 saturated carbocycles. The van der Waals surface area contributed by atoms with Crippen molar-refractivity contribution in [2.75, 3.05) is 29.4 Å². The summed E-state index contributed by atoms with van der Waals surface area (Å²) in [6.07, 6.45) is 8.91. The van der Waals surface area contributed by atoms with E-state index in [-0.39, 0.29) is 22.2 Å². The first kappa shape index (κ1) is 17.8. The van der Waals surface area contributed by atoms with Gasteiger partial charge >= 0.3 is 5.69 Å². The average Bonchev–Trinajstić information content (AvgIpc) is 3.45. The summed E-state index contributed by atoms with van der Waals surface area (Å²) < 4.78 is 4.98. The fourth-order valence-corrected chi connectivity index (χ4v) is 4.64. The number of hydrogen-bond acceptors (Lipinski definition) is 8. The summed E-state index contributed by atoms with van der Waals surface area (Å²) >= 11 is 0. The second-order valence-corrected chi connectivity index (χ2v) is 7.67. The predicted octanol–water partition coefficient (Wildman–Crippen LogP) is 3.86. The second-order valence-electron chi connectivity index (χ2n) is 7.67. The molecule has 4 heterocycles. The van der Waals surface area contributed by atoms with Crippen LogP contribution in [0.25, 0.3) is 11.0 Å². The highest BCUT2D eigenvalue weighted by atomic mass is 16.6. The standard InChI is InChI=1S/C20H22N6O3/c27-26(28)20-17(24-9-3-4-10-24)12-16(18-19(20)23-29-22-18)25-11-2-1-7-15(25)14-6-5-8-21-13-14/h5-6,8,12-13,15H,1-4,7,9-11H2. The van der Waals surface area contributed by atoms with Gasteiger partial charge in [-0.25, -0.2) is 4.63 Å². The molecule has 1 unspecified atom stereocenters. The number of hydrogen-bond donors (Lipinski definition) is 0. The molecule has 2 aromatic heterocycles. The molecule has 9 heteroatoms. The van der Waals surface area contributed by atoms with Crippen molar-refractivity contribution < 1.29 is 9.55 Å². The molecular formula is C20H22N6O3. The van der Waals surface area contributed by atoms with Crippen molar-refractivity contribution in [2.45, 2.75) is 38.1 Å². The predicted molar refractivity (Wildman–Crippen MR) is 108 cm³/mol. The number of nitrogens with zero attached hydrogens (tertiary/aromatic N) is 6. The first-order chi connectivity index (χ1) is 14.2. The molecule has 0 amide bonds. The van der Waals surface area contributed by atoms with E-state index in [1.807, 2.05) is 18.3 Å². The van der Waals surface area contributed by atoms with Gasteiger partial charge in [0, 0.05) is 32.0 Å². The number of anilines is 2. The van der Waals surface area contributed by atoms with E-state index in [2.05, 4.69) is 31.2 Å².